The standard InChI is InChI=1S/C10H13Cl2NS/c1-10(2)4-6(10)8(13)5-3-7(11)14-9(5)12/h3,6,8H,4,13H2,1-2H3. The molecule has 0 radical (unpaired) electrons. The smallest absolute Gasteiger partial charge is 0.0991 e. The van der Waals surface area contributed by atoms with Crippen LogP contribution < -0.4 is 5.73 Å². The van der Waals surface area contributed by atoms with Gasteiger partial charge in [-0.15, -0.1) is 11.3 Å². The van der Waals surface area contributed by atoms with E-state index >= 15 is 0 Å². The van der Waals surface area contributed by atoms with Crippen LogP contribution in [0.4, 0.5) is 0 Å². The van der Waals surface area contributed by atoms with Gasteiger partial charge < -0.3 is 5.73 Å². The van der Waals surface area contributed by atoms with Gasteiger partial charge in [0.15, 0.2) is 0 Å². The van der Waals surface area contributed by atoms with Crippen LogP contribution in [0.25, 0.3) is 0 Å². The Morgan fingerprint density at radius 2 is 2.14 bits per heavy atom. The van der Waals surface area contributed by atoms with Gasteiger partial charge in [0.1, 0.15) is 0 Å². The number of thiophene rings is 1. The van der Waals surface area contributed by atoms with Gasteiger partial charge in [0.05, 0.1) is 8.67 Å². The van der Waals surface area contributed by atoms with Gasteiger partial charge in [0, 0.05) is 11.6 Å². The largest absolute Gasteiger partial charge is 0.324 e. The van der Waals surface area contributed by atoms with Gasteiger partial charge >= 0.3 is 0 Å². The molecule has 0 spiro atoms. The first kappa shape index (κ1) is 10.7. The summed E-state index contributed by atoms with van der Waals surface area (Å²) in [6, 6.07) is 1.94. The molecule has 2 N–H and O–H groups in total. The molecular weight excluding hydrogens is 237 g/mol. The van der Waals surface area contributed by atoms with Crippen molar-refractivity contribution in [3.8, 4) is 0 Å². The first-order valence-corrected chi connectivity index (χ1v) is 6.19. The number of hydrogen-bond donors (Lipinski definition) is 1. The minimum Gasteiger partial charge on any atom is -0.324 e. The highest BCUT2D eigenvalue weighted by atomic mass is 35.5. The second-order valence-electron chi connectivity index (χ2n) is 4.60. The van der Waals surface area contributed by atoms with E-state index in [9.17, 15) is 0 Å². The third-order valence-electron chi connectivity index (χ3n) is 3.07. The average molecular weight is 250 g/mol. The molecule has 0 aliphatic heterocycles. The lowest BCUT2D eigenvalue weighted by Crippen LogP contribution is -2.14. The molecule has 1 aromatic rings. The topological polar surface area (TPSA) is 26.0 Å². The molecule has 1 heterocycles. The summed E-state index contributed by atoms with van der Waals surface area (Å²) in [6.07, 6.45) is 1.18. The van der Waals surface area contributed by atoms with Crippen LogP contribution >= 0.6 is 34.5 Å². The summed E-state index contributed by atoms with van der Waals surface area (Å²) in [5, 5.41) is 0. The minimum absolute atomic E-state index is 0.0428. The molecule has 1 fully saturated rings. The van der Waals surface area contributed by atoms with E-state index in [1.807, 2.05) is 6.07 Å². The van der Waals surface area contributed by atoms with Crippen molar-refractivity contribution in [2.24, 2.45) is 17.1 Å². The van der Waals surface area contributed by atoms with Crippen molar-refractivity contribution in [1.82, 2.24) is 0 Å². The predicted molar refractivity (Wildman–Crippen MR) is 63.2 cm³/mol. The Hall–Kier alpha value is 0.240. The third-order valence-corrected chi connectivity index (χ3v) is 4.58. The van der Waals surface area contributed by atoms with Crippen LogP contribution in [0.1, 0.15) is 31.9 Å². The highest BCUT2D eigenvalue weighted by Crippen LogP contribution is 2.58. The third kappa shape index (κ3) is 1.81. The maximum atomic E-state index is 6.15. The zero-order valence-corrected chi connectivity index (χ0v) is 10.5. The summed E-state index contributed by atoms with van der Waals surface area (Å²) in [4.78, 5) is 0. The molecule has 0 bridgehead atoms. The molecule has 78 valence electrons. The van der Waals surface area contributed by atoms with Crippen molar-refractivity contribution in [2.45, 2.75) is 26.3 Å². The lowest BCUT2D eigenvalue weighted by atomic mass is 10.0. The minimum atomic E-state index is 0.0428. The number of nitrogens with two attached hydrogens (primary N) is 1. The van der Waals surface area contributed by atoms with E-state index in [0.29, 0.717) is 11.3 Å². The molecular formula is C10H13Cl2NS. The van der Waals surface area contributed by atoms with Crippen molar-refractivity contribution in [3.63, 3.8) is 0 Å². The maximum absolute atomic E-state index is 6.15. The van der Waals surface area contributed by atoms with Crippen LogP contribution in [0, 0.1) is 11.3 Å². The second-order valence-corrected chi connectivity index (χ2v) is 6.89. The molecule has 2 rings (SSSR count). The Balaban J connectivity index is 2.20. The van der Waals surface area contributed by atoms with E-state index < -0.39 is 0 Å². The maximum Gasteiger partial charge on any atom is 0.0991 e. The van der Waals surface area contributed by atoms with Gasteiger partial charge in [-0.1, -0.05) is 37.0 Å². The van der Waals surface area contributed by atoms with Gasteiger partial charge in [-0.3, -0.25) is 0 Å². The zero-order chi connectivity index (χ0) is 10.5. The number of halogens is 2. The fraction of sp³-hybridized carbons (Fsp3) is 0.600. The normalized spacial score (nSPS) is 26.2. The van der Waals surface area contributed by atoms with E-state index in [0.717, 1.165) is 14.2 Å². The lowest BCUT2D eigenvalue weighted by molar-refractivity contribution is 0.492. The molecule has 0 amide bonds. The molecule has 4 heteroatoms. The van der Waals surface area contributed by atoms with Gasteiger partial charge in [0.25, 0.3) is 0 Å². The van der Waals surface area contributed by atoms with Crippen molar-refractivity contribution in [3.05, 3.63) is 20.3 Å². The van der Waals surface area contributed by atoms with Crippen molar-refractivity contribution < 1.29 is 0 Å². The summed E-state index contributed by atoms with van der Waals surface area (Å²) in [7, 11) is 0. The summed E-state index contributed by atoms with van der Waals surface area (Å²) in [6.45, 7) is 4.47. The average Bonchev–Trinajstić information content (AvgIpc) is 2.55. The molecule has 2 unspecified atom stereocenters. The Kier molecular flexibility index (Phi) is 2.59. The van der Waals surface area contributed by atoms with E-state index in [2.05, 4.69) is 13.8 Å². The van der Waals surface area contributed by atoms with Crippen LogP contribution in [0.3, 0.4) is 0 Å². The monoisotopic (exact) mass is 249 g/mol. The van der Waals surface area contributed by atoms with Crippen molar-refractivity contribution >= 4 is 34.5 Å². The summed E-state index contributed by atoms with van der Waals surface area (Å²) in [5.41, 5.74) is 7.54. The van der Waals surface area contributed by atoms with Crippen LogP contribution in [0.2, 0.25) is 8.67 Å². The molecule has 1 aromatic heterocycles. The quantitative estimate of drug-likeness (QED) is 0.840. The Bertz CT molecular complexity index is 359. The van der Waals surface area contributed by atoms with E-state index in [4.69, 9.17) is 28.9 Å². The van der Waals surface area contributed by atoms with Gasteiger partial charge in [-0.05, 0) is 23.8 Å². The number of hydrogen-bond acceptors (Lipinski definition) is 2. The summed E-state index contributed by atoms with van der Waals surface area (Å²) >= 11 is 13.3. The van der Waals surface area contributed by atoms with Gasteiger partial charge in [0.2, 0.25) is 0 Å². The molecule has 2 atom stereocenters. The van der Waals surface area contributed by atoms with Crippen LogP contribution in [0.5, 0.6) is 0 Å². The molecule has 1 aliphatic carbocycles. The fourth-order valence-electron chi connectivity index (χ4n) is 1.92. The van der Waals surface area contributed by atoms with E-state index in [-0.39, 0.29) is 6.04 Å². The number of rotatable bonds is 2. The second kappa shape index (κ2) is 3.38. The summed E-state index contributed by atoms with van der Waals surface area (Å²) < 4.78 is 1.46. The van der Waals surface area contributed by atoms with E-state index in [1.165, 1.54) is 17.8 Å². The van der Waals surface area contributed by atoms with Crippen molar-refractivity contribution in [2.75, 3.05) is 0 Å². The Morgan fingerprint density at radius 3 is 2.50 bits per heavy atom. The first-order chi connectivity index (χ1) is 6.42. The Labute approximate surface area is 98.2 Å². The highest BCUT2D eigenvalue weighted by molar-refractivity contribution is 7.20. The molecule has 0 saturated heterocycles. The predicted octanol–water partition coefficient (Wildman–Crippen LogP) is 4.10. The molecule has 0 aromatic carbocycles. The van der Waals surface area contributed by atoms with E-state index in [1.54, 1.807) is 0 Å². The van der Waals surface area contributed by atoms with Crippen molar-refractivity contribution in [1.29, 1.82) is 0 Å². The van der Waals surface area contributed by atoms with Gasteiger partial charge in [-0.2, -0.15) is 0 Å². The lowest BCUT2D eigenvalue weighted by Gasteiger charge is -2.12. The fourth-order valence-corrected chi connectivity index (χ4v) is 3.49. The van der Waals surface area contributed by atoms with Crippen LogP contribution in [-0.2, 0) is 0 Å². The first-order valence-electron chi connectivity index (χ1n) is 4.62. The Morgan fingerprint density at radius 1 is 1.57 bits per heavy atom. The van der Waals surface area contributed by atoms with Crippen LogP contribution in [0.15, 0.2) is 6.07 Å². The molecule has 1 saturated carbocycles. The SMILES string of the molecule is CC1(C)CC1C(N)c1cc(Cl)sc1Cl. The summed E-state index contributed by atoms with van der Waals surface area (Å²) in [5.74, 6) is 0.547. The molecule has 1 nitrogen and oxygen atoms in total. The molecule has 14 heavy (non-hydrogen) atoms. The van der Waals surface area contributed by atoms with Crippen LogP contribution in [-0.4, -0.2) is 0 Å². The zero-order valence-electron chi connectivity index (χ0n) is 8.18. The highest BCUT2D eigenvalue weighted by Gasteiger charge is 2.49. The molecule has 1 aliphatic rings. The van der Waals surface area contributed by atoms with Gasteiger partial charge in [-0.25, -0.2) is 0 Å².